The fourth-order valence-corrected chi connectivity index (χ4v) is 7.75. The molecule has 4 atom stereocenters. The molecule has 4 unspecified atom stereocenters. The second-order valence-electron chi connectivity index (χ2n) is 9.70. The van der Waals surface area contributed by atoms with Crippen LogP contribution < -0.4 is 0 Å². The summed E-state index contributed by atoms with van der Waals surface area (Å²) < 4.78 is 44.1. The molecule has 0 bridgehead atoms. The number of thiocarbonyl (C=S) groups is 4. The van der Waals surface area contributed by atoms with Crippen molar-refractivity contribution in [3.8, 4) is 0 Å². The van der Waals surface area contributed by atoms with E-state index in [-0.39, 0.29) is 17.5 Å². The lowest BCUT2D eigenvalue weighted by molar-refractivity contribution is -0.169. The third-order valence-electron chi connectivity index (χ3n) is 5.55. The second-order valence-corrected chi connectivity index (χ2v) is 17.5. The maximum Gasteiger partial charge on any atom is 0.319 e. The Hall–Kier alpha value is -1.16. The normalized spacial score (nSPS) is 14.4. The molecule has 0 aromatic heterocycles. The standard InChI is InChI=1S/C29H44O12S8/c1-9-34-25(42)46-17(5)21(30)38-13-29(14-39-22(31)18(6)47-26(43)35-10-2,15-40-23(32)19(7)48-27(44)36-11-3)16-41-24(33)20(8)49-28(45)37-12-4/h17-20H,9-16H2,1-8H3. The summed E-state index contributed by atoms with van der Waals surface area (Å²) in [6, 6.07) is 0. The van der Waals surface area contributed by atoms with E-state index in [1.807, 2.05) is 0 Å². The Kier molecular flexibility index (Phi) is 26.0. The molecule has 49 heavy (non-hydrogen) atoms. The van der Waals surface area contributed by atoms with Crippen molar-refractivity contribution in [1.29, 1.82) is 0 Å². The van der Waals surface area contributed by atoms with E-state index in [2.05, 4.69) is 0 Å². The maximum absolute atomic E-state index is 13.0. The quantitative estimate of drug-likeness (QED) is 0.0813. The Morgan fingerprint density at radius 1 is 0.429 bits per heavy atom. The molecule has 0 saturated heterocycles. The number of rotatable bonds is 20. The lowest BCUT2D eigenvalue weighted by Gasteiger charge is -2.32. The molecule has 0 saturated carbocycles. The third kappa shape index (κ3) is 21.1. The molecule has 280 valence electrons. The number of carbonyl (C=O) groups excluding carboxylic acids is 4. The average Bonchev–Trinajstić information content (AvgIpc) is 3.03. The first kappa shape index (κ1) is 47.8. The summed E-state index contributed by atoms with van der Waals surface area (Å²) in [4.78, 5) is 52.2. The monoisotopic (exact) mass is 840 g/mol. The highest BCUT2D eigenvalue weighted by Crippen LogP contribution is 2.27. The predicted molar refractivity (Wildman–Crippen MR) is 211 cm³/mol. The van der Waals surface area contributed by atoms with Crippen LogP contribution in [0.2, 0.25) is 0 Å². The molecule has 12 nitrogen and oxygen atoms in total. The number of hydrogen-bond donors (Lipinski definition) is 0. The highest BCUT2D eigenvalue weighted by molar-refractivity contribution is 8.24. The lowest BCUT2D eigenvalue weighted by Crippen LogP contribution is -2.45. The average molecular weight is 841 g/mol. The minimum atomic E-state index is -1.55. The first-order valence-electron chi connectivity index (χ1n) is 15.0. The zero-order chi connectivity index (χ0) is 37.6. The molecule has 20 heteroatoms. The molecule has 0 aromatic carbocycles. The van der Waals surface area contributed by atoms with Crippen molar-refractivity contribution >= 4 is 137 Å². The van der Waals surface area contributed by atoms with Crippen LogP contribution in [0.4, 0.5) is 0 Å². The van der Waals surface area contributed by atoms with Crippen molar-refractivity contribution in [3.63, 3.8) is 0 Å². The van der Waals surface area contributed by atoms with E-state index < -0.39 is 76.7 Å². The molecule has 0 aromatic rings. The van der Waals surface area contributed by atoms with Gasteiger partial charge in [0.15, 0.2) is 0 Å². The van der Waals surface area contributed by atoms with Gasteiger partial charge in [-0.2, -0.15) is 0 Å². The molecule has 0 N–H and O–H groups in total. The van der Waals surface area contributed by atoms with Gasteiger partial charge in [0.05, 0.1) is 26.4 Å². The van der Waals surface area contributed by atoms with Crippen LogP contribution in [0.15, 0.2) is 0 Å². The summed E-state index contributed by atoms with van der Waals surface area (Å²) in [6.07, 6.45) is 0. The molecule has 0 spiro atoms. The van der Waals surface area contributed by atoms with E-state index in [1.54, 1.807) is 55.4 Å². The van der Waals surface area contributed by atoms with Crippen molar-refractivity contribution < 1.29 is 57.1 Å². The molecule has 0 aliphatic rings. The minimum absolute atomic E-state index is 0.152. The zero-order valence-electron chi connectivity index (χ0n) is 28.6. The molecule has 0 rings (SSSR count). The van der Waals surface area contributed by atoms with Crippen LogP contribution in [0, 0.1) is 5.41 Å². The second kappa shape index (κ2) is 26.6. The van der Waals surface area contributed by atoms with Gasteiger partial charge in [0.2, 0.25) is 17.5 Å². The fourth-order valence-electron chi connectivity index (χ4n) is 2.99. The Bertz CT molecular complexity index is 965. The predicted octanol–water partition coefficient (Wildman–Crippen LogP) is 5.92. The molecule has 0 radical (unpaired) electrons. The van der Waals surface area contributed by atoms with Crippen LogP contribution in [0.25, 0.3) is 0 Å². The van der Waals surface area contributed by atoms with Gasteiger partial charge in [-0.05, 0) is 104 Å². The molecule has 0 amide bonds. The maximum atomic E-state index is 13.0. The van der Waals surface area contributed by atoms with E-state index in [0.29, 0.717) is 26.4 Å². The number of carbonyl (C=O) groups is 4. The first-order chi connectivity index (χ1) is 23.0. The molecule has 0 aliphatic carbocycles. The van der Waals surface area contributed by atoms with Gasteiger partial charge in [0.1, 0.15) is 52.8 Å². The topological polar surface area (TPSA) is 142 Å². The Balaban J connectivity index is 6.32. The van der Waals surface area contributed by atoms with Gasteiger partial charge in [-0.25, -0.2) is 0 Å². The highest BCUT2D eigenvalue weighted by atomic mass is 32.2. The van der Waals surface area contributed by atoms with Crippen LogP contribution in [-0.4, -0.2) is 115 Å². The highest BCUT2D eigenvalue weighted by Gasteiger charge is 2.40. The van der Waals surface area contributed by atoms with Gasteiger partial charge < -0.3 is 37.9 Å². The summed E-state index contributed by atoms with van der Waals surface area (Å²) in [6.45, 7) is 12.7. The molecule has 0 fully saturated rings. The number of hydrogen-bond acceptors (Lipinski definition) is 20. The summed E-state index contributed by atoms with van der Waals surface area (Å²) in [5.74, 6) is -2.77. The molecule has 0 aliphatic heterocycles. The van der Waals surface area contributed by atoms with E-state index in [4.69, 9.17) is 86.8 Å². The van der Waals surface area contributed by atoms with Gasteiger partial charge in [-0.1, -0.05) is 47.0 Å². The summed E-state index contributed by atoms with van der Waals surface area (Å²) in [5.41, 5.74) is -1.55. The van der Waals surface area contributed by atoms with E-state index >= 15 is 0 Å². The van der Waals surface area contributed by atoms with E-state index in [1.165, 1.54) is 0 Å². The van der Waals surface area contributed by atoms with Crippen LogP contribution in [0.5, 0.6) is 0 Å². The van der Waals surface area contributed by atoms with Gasteiger partial charge in [-0.15, -0.1) is 0 Å². The van der Waals surface area contributed by atoms with Crippen LogP contribution in [0.1, 0.15) is 55.4 Å². The minimum Gasteiger partial charge on any atom is -0.479 e. The van der Waals surface area contributed by atoms with Gasteiger partial charge in [0.25, 0.3) is 0 Å². The van der Waals surface area contributed by atoms with Gasteiger partial charge in [-0.3, -0.25) is 19.2 Å². The lowest BCUT2D eigenvalue weighted by atomic mass is 9.92. The SMILES string of the molecule is CCOC(=S)SC(C)C(=O)OCC(COC(=O)C(C)SC(=S)OCC)(COC(=O)C(C)SC(=S)OCC)COC(=O)C(C)SC(=S)OCC. The summed E-state index contributed by atoms with van der Waals surface area (Å²) in [5, 5.41) is -3.14. The van der Waals surface area contributed by atoms with Gasteiger partial charge >= 0.3 is 23.9 Å². The van der Waals surface area contributed by atoms with Crippen LogP contribution >= 0.6 is 95.9 Å². The van der Waals surface area contributed by atoms with Crippen molar-refractivity contribution in [2.75, 3.05) is 52.9 Å². The largest absolute Gasteiger partial charge is 0.479 e. The number of thioether (sulfide) groups is 4. The van der Waals surface area contributed by atoms with Crippen molar-refractivity contribution in [1.82, 2.24) is 0 Å². The number of esters is 4. The van der Waals surface area contributed by atoms with Crippen molar-refractivity contribution in [2.24, 2.45) is 5.41 Å². The summed E-state index contributed by atoms with van der Waals surface area (Å²) >= 11 is 24.4. The Labute approximate surface area is 326 Å². The molecular weight excluding hydrogens is 797 g/mol. The smallest absolute Gasteiger partial charge is 0.319 e. The molecular formula is C29H44O12S8. The zero-order valence-corrected chi connectivity index (χ0v) is 35.2. The number of ether oxygens (including phenoxy) is 8. The fraction of sp³-hybridized carbons (Fsp3) is 0.724. The van der Waals surface area contributed by atoms with Gasteiger partial charge in [0, 0.05) is 0 Å². The first-order valence-corrected chi connectivity index (χ1v) is 20.2. The van der Waals surface area contributed by atoms with Crippen LogP contribution in [-0.2, 0) is 57.1 Å². The molecule has 0 heterocycles. The van der Waals surface area contributed by atoms with Crippen molar-refractivity contribution in [2.45, 2.75) is 76.4 Å². The Morgan fingerprint density at radius 3 is 0.776 bits per heavy atom. The van der Waals surface area contributed by atoms with Crippen LogP contribution in [0.3, 0.4) is 0 Å². The third-order valence-corrected chi connectivity index (χ3v) is 10.6. The van der Waals surface area contributed by atoms with E-state index in [0.717, 1.165) is 47.0 Å². The Morgan fingerprint density at radius 2 is 0.612 bits per heavy atom. The van der Waals surface area contributed by atoms with E-state index in [9.17, 15) is 19.2 Å². The van der Waals surface area contributed by atoms with Crippen molar-refractivity contribution in [3.05, 3.63) is 0 Å². The summed E-state index contributed by atoms with van der Waals surface area (Å²) in [7, 11) is 0.